The van der Waals surface area contributed by atoms with Gasteiger partial charge in [0.1, 0.15) is 6.10 Å². The molecule has 22 heavy (non-hydrogen) atoms. The van der Waals surface area contributed by atoms with Crippen molar-refractivity contribution >= 4 is 5.97 Å². The van der Waals surface area contributed by atoms with Gasteiger partial charge in [-0.25, -0.2) is 4.79 Å². The summed E-state index contributed by atoms with van der Waals surface area (Å²) in [7, 11) is 0. The SMILES string of the molecule is C[C@@H]1CC[C@H](C(C)(C)c2ccccc2)[C@@H](OC(=O)C(O)O)C1. The third-order valence-electron chi connectivity index (χ3n) is 4.98. The summed E-state index contributed by atoms with van der Waals surface area (Å²) in [4.78, 5) is 11.6. The minimum absolute atomic E-state index is 0.146. The van der Waals surface area contributed by atoms with Crippen LogP contribution in [0, 0.1) is 11.8 Å². The Hall–Kier alpha value is -1.39. The fourth-order valence-electron chi connectivity index (χ4n) is 3.58. The topological polar surface area (TPSA) is 66.8 Å². The highest BCUT2D eigenvalue weighted by atomic mass is 16.6. The zero-order valence-electron chi connectivity index (χ0n) is 13.5. The van der Waals surface area contributed by atoms with Crippen molar-refractivity contribution in [3.8, 4) is 0 Å². The zero-order chi connectivity index (χ0) is 16.3. The van der Waals surface area contributed by atoms with Crippen LogP contribution in [0.2, 0.25) is 0 Å². The monoisotopic (exact) mass is 306 g/mol. The third-order valence-corrected chi connectivity index (χ3v) is 4.98. The van der Waals surface area contributed by atoms with Gasteiger partial charge >= 0.3 is 5.97 Å². The average Bonchev–Trinajstić information content (AvgIpc) is 2.47. The second-order valence-corrected chi connectivity index (χ2v) is 6.96. The van der Waals surface area contributed by atoms with Gasteiger partial charge in [0.25, 0.3) is 6.29 Å². The van der Waals surface area contributed by atoms with Crippen LogP contribution in [0.5, 0.6) is 0 Å². The van der Waals surface area contributed by atoms with E-state index in [1.165, 1.54) is 5.56 Å². The molecule has 0 heterocycles. The first-order chi connectivity index (χ1) is 10.3. The van der Waals surface area contributed by atoms with Gasteiger partial charge in [-0.2, -0.15) is 0 Å². The molecule has 0 radical (unpaired) electrons. The summed E-state index contributed by atoms with van der Waals surface area (Å²) in [5.41, 5.74) is 1.06. The van der Waals surface area contributed by atoms with Crippen molar-refractivity contribution < 1.29 is 19.7 Å². The summed E-state index contributed by atoms with van der Waals surface area (Å²) in [5, 5.41) is 18.0. The molecule has 0 unspecified atom stereocenters. The van der Waals surface area contributed by atoms with Crippen molar-refractivity contribution in [2.24, 2.45) is 11.8 Å². The molecule has 0 amide bonds. The summed E-state index contributed by atoms with van der Waals surface area (Å²) in [5.74, 6) is -0.321. The van der Waals surface area contributed by atoms with E-state index in [4.69, 9.17) is 14.9 Å². The molecule has 4 nitrogen and oxygen atoms in total. The molecule has 3 atom stereocenters. The first-order valence-corrected chi connectivity index (χ1v) is 7.94. The Morgan fingerprint density at radius 1 is 1.23 bits per heavy atom. The van der Waals surface area contributed by atoms with Gasteiger partial charge in [0.05, 0.1) is 0 Å². The number of benzene rings is 1. The summed E-state index contributed by atoms with van der Waals surface area (Å²) >= 11 is 0. The Kier molecular flexibility index (Phi) is 5.24. The molecule has 4 heteroatoms. The van der Waals surface area contributed by atoms with Crippen molar-refractivity contribution in [2.45, 2.75) is 57.8 Å². The van der Waals surface area contributed by atoms with Crippen LogP contribution in [-0.2, 0) is 14.9 Å². The summed E-state index contributed by atoms with van der Waals surface area (Å²) in [6.07, 6.45) is 0.476. The number of aliphatic hydroxyl groups excluding tert-OH is 1. The molecular weight excluding hydrogens is 280 g/mol. The van der Waals surface area contributed by atoms with Crippen LogP contribution in [0.25, 0.3) is 0 Å². The maximum atomic E-state index is 11.6. The molecule has 1 aliphatic carbocycles. The lowest BCUT2D eigenvalue weighted by Crippen LogP contribution is -2.44. The molecule has 0 aromatic heterocycles. The van der Waals surface area contributed by atoms with Crippen LogP contribution < -0.4 is 0 Å². The molecule has 2 rings (SSSR count). The van der Waals surface area contributed by atoms with E-state index < -0.39 is 12.3 Å². The van der Waals surface area contributed by atoms with Gasteiger partial charge < -0.3 is 14.9 Å². The minimum atomic E-state index is -2.06. The van der Waals surface area contributed by atoms with E-state index in [9.17, 15) is 4.79 Å². The van der Waals surface area contributed by atoms with Crippen LogP contribution in [0.15, 0.2) is 30.3 Å². The van der Waals surface area contributed by atoms with Crippen LogP contribution in [0.3, 0.4) is 0 Å². The second-order valence-electron chi connectivity index (χ2n) is 6.96. The number of rotatable bonds is 4. The van der Waals surface area contributed by atoms with Crippen molar-refractivity contribution in [1.29, 1.82) is 0 Å². The van der Waals surface area contributed by atoms with Crippen LogP contribution >= 0.6 is 0 Å². The lowest BCUT2D eigenvalue weighted by molar-refractivity contribution is -0.185. The molecule has 1 fully saturated rings. The molecule has 0 aliphatic heterocycles. The number of ether oxygens (including phenoxy) is 1. The first kappa shape index (κ1) is 17.0. The highest BCUT2D eigenvalue weighted by Gasteiger charge is 2.42. The van der Waals surface area contributed by atoms with Gasteiger partial charge in [-0.15, -0.1) is 0 Å². The number of aliphatic hydroxyl groups is 2. The standard InChI is InChI=1S/C18H26O4/c1-12-9-10-14(15(11-12)22-17(21)16(19)20)18(2,3)13-7-5-4-6-8-13/h4-8,12,14-16,19-20H,9-11H2,1-3H3/t12-,14+,15+/m1/s1. The Labute approximate surface area is 132 Å². The number of esters is 1. The molecule has 0 saturated heterocycles. The molecule has 1 saturated carbocycles. The van der Waals surface area contributed by atoms with Crippen LogP contribution in [-0.4, -0.2) is 28.6 Å². The molecule has 122 valence electrons. The second kappa shape index (κ2) is 6.80. The largest absolute Gasteiger partial charge is 0.458 e. The molecule has 0 bridgehead atoms. The number of hydrogen-bond donors (Lipinski definition) is 2. The maximum absolute atomic E-state index is 11.6. The van der Waals surface area contributed by atoms with Crippen LogP contribution in [0.4, 0.5) is 0 Å². The van der Waals surface area contributed by atoms with Gasteiger partial charge in [0, 0.05) is 5.92 Å². The summed E-state index contributed by atoms with van der Waals surface area (Å²) in [6, 6.07) is 10.2. The quantitative estimate of drug-likeness (QED) is 0.663. The van der Waals surface area contributed by atoms with Gasteiger partial charge in [-0.1, -0.05) is 57.5 Å². The molecule has 1 aromatic rings. The maximum Gasteiger partial charge on any atom is 0.363 e. The van der Waals surface area contributed by atoms with Gasteiger partial charge in [-0.3, -0.25) is 0 Å². The molecule has 1 aromatic carbocycles. The molecule has 2 N–H and O–H groups in total. The number of carbonyl (C=O) groups is 1. The fraction of sp³-hybridized carbons (Fsp3) is 0.611. The molecule has 0 spiro atoms. The van der Waals surface area contributed by atoms with E-state index in [0.717, 1.165) is 19.3 Å². The van der Waals surface area contributed by atoms with Crippen molar-refractivity contribution in [1.82, 2.24) is 0 Å². The zero-order valence-corrected chi connectivity index (χ0v) is 13.5. The lowest BCUT2D eigenvalue weighted by Gasteiger charge is -2.44. The van der Waals surface area contributed by atoms with Gasteiger partial charge in [0.15, 0.2) is 0 Å². The van der Waals surface area contributed by atoms with E-state index >= 15 is 0 Å². The first-order valence-electron chi connectivity index (χ1n) is 7.94. The Balaban J connectivity index is 2.23. The Morgan fingerprint density at radius 3 is 2.45 bits per heavy atom. The highest BCUT2D eigenvalue weighted by Crippen LogP contribution is 2.43. The molecular formula is C18H26O4. The predicted octanol–water partition coefficient (Wildman–Crippen LogP) is 2.62. The van der Waals surface area contributed by atoms with E-state index in [-0.39, 0.29) is 17.4 Å². The van der Waals surface area contributed by atoms with Crippen LogP contribution in [0.1, 0.15) is 45.6 Å². The normalized spacial score (nSPS) is 26.0. The fourth-order valence-corrected chi connectivity index (χ4v) is 3.58. The predicted molar refractivity (Wildman–Crippen MR) is 84.1 cm³/mol. The number of hydrogen-bond acceptors (Lipinski definition) is 4. The van der Waals surface area contributed by atoms with Crippen molar-refractivity contribution in [3.63, 3.8) is 0 Å². The number of carbonyl (C=O) groups excluding carboxylic acids is 1. The van der Waals surface area contributed by atoms with Gasteiger partial charge in [0.2, 0.25) is 0 Å². The summed E-state index contributed by atoms with van der Waals surface area (Å²) in [6.45, 7) is 6.47. The Bertz CT molecular complexity index is 495. The van der Waals surface area contributed by atoms with E-state index in [2.05, 4.69) is 32.9 Å². The molecule has 1 aliphatic rings. The highest BCUT2D eigenvalue weighted by molar-refractivity contribution is 5.72. The lowest BCUT2D eigenvalue weighted by atomic mass is 9.64. The smallest absolute Gasteiger partial charge is 0.363 e. The van der Waals surface area contributed by atoms with E-state index in [1.54, 1.807) is 0 Å². The Morgan fingerprint density at radius 2 is 1.86 bits per heavy atom. The summed E-state index contributed by atoms with van der Waals surface area (Å²) < 4.78 is 5.40. The van der Waals surface area contributed by atoms with Gasteiger partial charge in [-0.05, 0) is 29.7 Å². The average molecular weight is 306 g/mol. The van der Waals surface area contributed by atoms with E-state index in [1.807, 2.05) is 18.2 Å². The van der Waals surface area contributed by atoms with E-state index in [0.29, 0.717) is 5.92 Å². The van der Waals surface area contributed by atoms with Crippen molar-refractivity contribution in [3.05, 3.63) is 35.9 Å². The van der Waals surface area contributed by atoms with Crippen molar-refractivity contribution in [2.75, 3.05) is 0 Å². The third kappa shape index (κ3) is 3.68. The minimum Gasteiger partial charge on any atom is -0.458 e.